The van der Waals surface area contributed by atoms with Crippen LogP contribution < -0.4 is 10.9 Å². The van der Waals surface area contributed by atoms with Crippen LogP contribution in [-0.2, 0) is 0 Å². The van der Waals surface area contributed by atoms with Gasteiger partial charge < -0.3 is 0 Å². The molecule has 2 unspecified atom stereocenters. The summed E-state index contributed by atoms with van der Waals surface area (Å²) in [5.74, 6) is 0.389. The summed E-state index contributed by atoms with van der Waals surface area (Å²) in [7, 11) is 0. The summed E-state index contributed by atoms with van der Waals surface area (Å²) in [5, 5.41) is 16.2. The summed E-state index contributed by atoms with van der Waals surface area (Å²) >= 11 is 0. The van der Waals surface area contributed by atoms with Gasteiger partial charge in [-0.05, 0) is 12.1 Å². The van der Waals surface area contributed by atoms with Crippen LogP contribution >= 0.6 is 0 Å². The van der Waals surface area contributed by atoms with E-state index in [0.29, 0.717) is 11.5 Å². The second kappa shape index (κ2) is 4.43. The van der Waals surface area contributed by atoms with Crippen molar-refractivity contribution < 1.29 is 4.92 Å². The number of hydrogen-bond acceptors (Lipinski definition) is 7. The number of benzene rings is 1. The van der Waals surface area contributed by atoms with E-state index in [0.717, 1.165) is 10.9 Å². The number of para-hydroxylation sites is 1. The maximum absolute atomic E-state index is 11.1. The van der Waals surface area contributed by atoms with Crippen molar-refractivity contribution in [1.82, 2.24) is 30.4 Å². The number of hydrogen-bond donors (Lipinski definition) is 2. The van der Waals surface area contributed by atoms with Crippen molar-refractivity contribution in [2.75, 3.05) is 6.54 Å². The fourth-order valence-electron chi connectivity index (χ4n) is 2.55. The van der Waals surface area contributed by atoms with Crippen molar-refractivity contribution in [3.63, 3.8) is 0 Å². The van der Waals surface area contributed by atoms with Gasteiger partial charge in [-0.2, -0.15) is 0 Å². The Morgan fingerprint density at radius 2 is 2.24 bits per heavy atom. The highest BCUT2D eigenvalue weighted by atomic mass is 16.6. The lowest BCUT2D eigenvalue weighted by molar-refractivity contribution is -0.521. The highest BCUT2D eigenvalue weighted by Gasteiger charge is 2.40. The molecule has 0 aliphatic carbocycles. The minimum Gasteiger partial charge on any atom is -0.264 e. The second-order valence-electron chi connectivity index (χ2n) is 4.86. The van der Waals surface area contributed by atoms with Crippen molar-refractivity contribution in [3.8, 4) is 0 Å². The molecule has 3 heterocycles. The normalized spacial score (nSPS) is 22.1. The molecule has 3 aromatic rings. The third kappa shape index (κ3) is 1.82. The number of nitrogens with one attached hydrogen (secondary N) is 2. The third-order valence-corrected chi connectivity index (χ3v) is 3.60. The highest BCUT2D eigenvalue weighted by Crippen LogP contribution is 2.22. The quantitative estimate of drug-likeness (QED) is 0.506. The number of hydrazine groups is 1. The van der Waals surface area contributed by atoms with Gasteiger partial charge in [-0.3, -0.25) is 10.1 Å². The Hall–Kier alpha value is -2.65. The van der Waals surface area contributed by atoms with E-state index in [-0.39, 0.29) is 11.5 Å². The molecule has 2 aromatic heterocycles. The first-order valence-corrected chi connectivity index (χ1v) is 6.46. The molecule has 0 bridgehead atoms. The first-order chi connectivity index (χ1) is 10.2. The fraction of sp³-hybridized carbons (Fsp3) is 0.250. The number of fused-ring (bicyclic) bond motifs is 3. The SMILES string of the molecule is O=[N+]([O-])C1CNNC1c1nc2c3ccccc3ncn2n1. The molecule has 1 aromatic carbocycles. The predicted octanol–water partition coefficient (Wildman–Crippen LogP) is 0.0717. The van der Waals surface area contributed by atoms with E-state index in [9.17, 15) is 10.1 Å². The zero-order valence-electron chi connectivity index (χ0n) is 10.8. The van der Waals surface area contributed by atoms with Gasteiger partial charge in [0.25, 0.3) is 0 Å². The summed E-state index contributed by atoms with van der Waals surface area (Å²) in [5.41, 5.74) is 7.11. The van der Waals surface area contributed by atoms with Crippen molar-refractivity contribution in [3.05, 3.63) is 46.5 Å². The standard InChI is InChI=1S/C12H11N7O2/c20-19(21)9-5-14-16-10(9)11-15-12-7-3-1-2-4-8(7)13-6-18(12)17-11/h1-4,6,9-10,14,16H,5H2. The van der Waals surface area contributed by atoms with Crippen LogP contribution in [0.2, 0.25) is 0 Å². The van der Waals surface area contributed by atoms with Crippen molar-refractivity contribution in [1.29, 1.82) is 0 Å². The maximum atomic E-state index is 11.1. The van der Waals surface area contributed by atoms with Crippen molar-refractivity contribution in [2.24, 2.45) is 0 Å². The zero-order valence-corrected chi connectivity index (χ0v) is 10.8. The molecule has 1 saturated heterocycles. The van der Waals surface area contributed by atoms with Crippen LogP contribution in [-0.4, -0.2) is 37.1 Å². The van der Waals surface area contributed by atoms with E-state index >= 15 is 0 Å². The first-order valence-electron chi connectivity index (χ1n) is 6.46. The lowest BCUT2D eigenvalue weighted by atomic mass is 10.1. The smallest absolute Gasteiger partial charge is 0.250 e. The molecule has 4 rings (SSSR count). The van der Waals surface area contributed by atoms with Crippen LogP contribution in [0.15, 0.2) is 30.6 Å². The molecule has 9 nitrogen and oxygen atoms in total. The third-order valence-electron chi connectivity index (χ3n) is 3.60. The van der Waals surface area contributed by atoms with Gasteiger partial charge in [-0.1, -0.05) is 12.1 Å². The van der Waals surface area contributed by atoms with Crippen LogP contribution in [0.1, 0.15) is 11.9 Å². The van der Waals surface area contributed by atoms with Crippen LogP contribution in [0.5, 0.6) is 0 Å². The van der Waals surface area contributed by atoms with E-state index in [2.05, 4.69) is 25.9 Å². The Morgan fingerprint density at radius 3 is 3.10 bits per heavy atom. The fourth-order valence-corrected chi connectivity index (χ4v) is 2.55. The first kappa shape index (κ1) is 12.1. The van der Waals surface area contributed by atoms with E-state index in [1.807, 2.05) is 24.3 Å². The van der Waals surface area contributed by atoms with E-state index in [4.69, 9.17) is 0 Å². The molecule has 9 heteroatoms. The Bertz CT molecular complexity index is 846. The summed E-state index contributed by atoms with van der Waals surface area (Å²) in [6.07, 6.45) is 1.57. The maximum Gasteiger partial charge on any atom is 0.250 e. The molecule has 1 aliphatic rings. The zero-order chi connectivity index (χ0) is 14.4. The molecule has 106 valence electrons. The van der Waals surface area contributed by atoms with Gasteiger partial charge in [0.15, 0.2) is 17.5 Å². The summed E-state index contributed by atoms with van der Waals surface area (Å²) in [4.78, 5) is 19.5. The van der Waals surface area contributed by atoms with Crippen LogP contribution in [0.4, 0.5) is 0 Å². The van der Waals surface area contributed by atoms with Crippen molar-refractivity contribution >= 4 is 16.6 Å². The van der Waals surface area contributed by atoms with Gasteiger partial charge >= 0.3 is 0 Å². The van der Waals surface area contributed by atoms with E-state index in [1.54, 1.807) is 10.8 Å². The topological polar surface area (TPSA) is 110 Å². The van der Waals surface area contributed by atoms with Gasteiger partial charge in [0.05, 0.1) is 12.1 Å². The second-order valence-corrected chi connectivity index (χ2v) is 4.86. The largest absolute Gasteiger partial charge is 0.264 e. The van der Waals surface area contributed by atoms with Gasteiger partial charge in [0.1, 0.15) is 6.33 Å². The summed E-state index contributed by atoms with van der Waals surface area (Å²) in [6.45, 7) is 0.242. The van der Waals surface area contributed by atoms with E-state index < -0.39 is 12.1 Å². The Morgan fingerprint density at radius 1 is 1.38 bits per heavy atom. The number of rotatable bonds is 2. The molecule has 2 N–H and O–H groups in total. The molecule has 0 radical (unpaired) electrons. The molecule has 0 amide bonds. The van der Waals surface area contributed by atoms with Gasteiger partial charge in [-0.25, -0.2) is 25.3 Å². The van der Waals surface area contributed by atoms with Gasteiger partial charge in [0, 0.05) is 10.3 Å². The monoisotopic (exact) mass is 285 g/mol. The molecular weight excluding hydrogens is 274 g/mol. The van der Waals surface area contributed by atoms with Crippen molar-refractivity contribution in [2.45, 2.75) is 12.1 Å². The van der Waals surface area contributed by atoms with Crippen LogP contribution in [0.25, 0.3) is 16.6 Å². The average molecular weight is 285 g/mol. The lowest BCUT2D eigenvalue weighted by Crippen LogP contribution is -2.30. The summed E-state index contributed by atoms with van der Waals surface area (Å²) in [6, 6.07) is 6.24. The Labute approximate surface area is 118 Å². The van der Waals surface area contributed by atoms with Crippen LogP contribution in [0.3, 0.4) is 0 Å². The predicted molar refractivity (Wildman–Crippen MR) is 72.9 cm³/mol. The molecule has 1 fully saturated rings. The highest BCUT2D eigenvalue weighted by molar-refractivity contribution is 5.90. The molecule has 0 saturated carbocycles. The minimum atomic E-state index is -0.790. The molecule has 21 heavy (non-hydrogen) atoms. The average Bonchev–Trinajstić information content (AvgIpc) is 3.13. The molecule has 2 atom stereocenters. The van der Waals surface area contributed by atoms with Crippen LogP contribution in [0, 0.1) is 10.1 Å². The minimum absolute atomic E-state index is 0.242. The summed E-state index contributed by atoms with van der Waals surface area (Å²) < 4.78 is 1.55. The number of nitro groups is 1. The number of aromatic nitrogens is 4. The van der Waals surface area contributed by atoms with Gasteiger partial charge in [0.2, 0.25) is 6.04 Å². The Kier molecular flexibility index (Phi) is 2.56. The lowest BCUT2D eigenvalue weighted by Gasteiger charge is -2.07. The Balaban J connectivity index is 1.87. The molecular formula is C12H11N7O2. The molecule has 0 spiro atoms. The molecule has 1 aliphatic heterocycles. The number of nitrogens with zero attached hydrogens (tertiary/aromatic N) is 5. The van der Waals surface area contributed by atoms with Gasteiger partial charge in [-0.15, -0.1) is 5.10 Å². The van der Waals surface area contributed by atoms with E-state index in [1.165, 1.54) is 0 Å².